The zero-order chi connectivity index (χ0) is 15.6. The lowest BCUT2D eigenvalue weighted by Gasteiger charge is -2.04. The van der Waals surface area contributed by atoms with Gasteiger partial charge in [-0.3, -0.25) is 10.1 Å². The van der Waals surface area contributed by atoms with E-state index in [1.54, 1.807) is 23.0 Å². The maximum Gasteiger partial charge on any atom is 0.257 e. The van der Waals surface area contributed by atoms with Gasteiger partial charge in [0.15, 0.2) is 0 Å². The molecule has 0 fully saturated rings. The standard InChI is InChI=1S/C17H13N5O/c23-16(21-17-19-14-4-1-2-5-15(14)20-17)12-6-8-13(9-7-12)22-11-3-10-18-22/h1-11H,(H2,19,20,21,23). The number of H-pyrrole nitrogens is 1. The number of anilines is 1. The number of fused-ring (bicyclic) bond motifs is 1. The lowest BCUT2D eigenvalue weighted by molar-refractivity contribution is 0.102. The number of carbonyl (C=O) groups is 1. The molecule has 2 heterocycles. The van der Waals surface area contributed by atoms with Gasteiger partial charge in [-0.1, -0.05) is 12.1 Å². The predicted molar refractivity (Wildman–Crippen MR) is 87.6 cm³/mol. The van der Waals surface area contributed by atoms with Crippen LogP contribution in [0.15, 0.2) is 67.0 Å². The van der Waals surface area contributed by atoms with Crippen LogP contribution in [0.3, 0.4) is 0 Å². The van der Waals surface area contributed by atoms with E-state index in [-0.39, 0.29) is 5.91 Å². The Morgan fingerprint density at radius 2 is 1.87 bits per heavy atom. The summed E-state index contributed by atoms with van der Waals surface area (Å²) in [6.45, 7) is 0. The van der Waals surface area contributed by atoms with Crippen molar-refractivity contribution in [1.29, 1.82) is 0 Å². The normalized spacial score (nSPS) is 10.8. The van der Waals surface area contributed by atoms with Crippen LogP contribution in [0, 0.1) is 0 Å². The van der Waals surface area contributed by atoms with Crippen LogP contribution in [0.25, 0.3) is 16.7 Å². The Kier molecular flexibility index (Phi) is 3.12. The third kappa shape index (κ3) is 2.57. The van der Waals surface area contributed by atoms with Gasteiger partial charge in [0.1, 0.15) is 0 Å². The van der Waals surface area contributed by atoms with Crippen molar-refractivity contribution in [3.63, 3.8) is 0 Å². The molecule has 4 rings (SSSR count). The monoisotopic (exact) mass is 303 g/mol. The number of imidazole rings is 1. The van der Waals surface area contributed by atoms with E-state index in [9.17, 15) is 4.79 Å². The van der Waals surface area contributed by atoms with E-state index in [0.29, 0.717) is 11.5 Å². The molecule has 6 heteroatoms. The molecule has 0 unspecified atom stereocenters. The van der Waals surface area contributed by atoms with E-state index in [2.05, 4.69) is 20.4 Å². The quantitative estimate of drug-likeness (QED) is 0.611. The molecule has 1 amide bonds. The van der Waals surface area contributed by atoms with E-state index >= 15 is 0 Å². The highest BCUT2D eigenvalue weighted by atomic mass is 16.1. The van der Waals surface area contributed by atoms with Crippen molar-refractivity contribution in [2.75, 3.05) is 5.32 Å². The van der Waals surface area contributed by atoms with Crippen molar-refractivity contribution < 1.29 is 4.79 Å². The minimum Gasteiger partial charge on any atom is -0.324 e. The van der Waals surface area contributed by atoms with Gasteiger partial charge in [0.05, 0.1) is 16.7 Å². The Morgan fingerprint density at radius 1 is 1.04 bits per heavy atom. The number of hydrogen-bond acceptors (Lipinski definition) is 3. The zero-order valence-corrected chi connectivity index (χ0v) is 12.1. The van der Waals surface area contributed by atoms with E-state index in [4.69, 9.17) is 0 Å². The van der Waals surface area contributed by atoms with Gasteiger partial charge in [0, 0.05) is 18.0 Å². The Hall–Kier alpha value is -3.41. The van der Waals surface area contributed by atoms with Gasteiger partial charge in [-0.05, 0) is 42.5 Å². The van der Waals surface area contributed by atoms with Gasteiger partial charge in [-0.25, -0.2) is 9.67 Å². The molecule has 0 bridgehead atoms. The molecule has 4 aromatic rings. The second-order valence-corrected chi connectivity index (χ2v) is 5.05. The first-order valence-corrected chi connectivity index (χ1v) is 7.16. The van der Waals surface area contributed by atoms with Gasteiger partial charge >= 0.3 is 0 Å². The third-order valence-corrected chi connectivity index (χ3v) is 3.52. The number of para-hydroxylation sites is 2. The van der Waals surface area contributed by atoms with E-state index in [0.717, 1.165) is 16.7 Å². The summed E-state index contributed by atoms with van der Waals surface area (Å²) >= 11 is 0. The van der Waals surface area contributed by atoms with E-state index in [1.807, 2.05) is 48.7 Å². The first-order valence-electron chi connectivity index (χ1n) is 7.16. The van der Waals surface area contributed by atoms with Crippen molar-refractivity contribution >= 4 is 22.9 Å². The summed E-state index contributed by atoms with van der Waals surface area (Å²) in [5, 5.41) is 6.93. The molecule has 2 N–H and O–H groups in total. The van der Waals surface area contributed by atoms with Crippen molar-refractivity contribution in [2.24, 2.45) is 0 Å². The maximum absolute atomic E-state index is 12.3. The lowest BCUT2D eigenvalue weighted by Crippen LogP contribution is -2.13. The molecule has 0 radical (unpaired) electrons. The van der Waals surface area contributed by atoms with Crippen molar-refractivity contribution in [3.8, 4) is 5.69 Å². The molecule has 2 aromatic carbocycles. The number of rotatable bonds is 3. The highest BCUT2D eigenvalue weighted by Crippen LogP contribution is 2.15. The number of nitrogens with zero attached hydrogens (tertiary/aromatic N) is 3. The molecule has 0 aliphatic heterocycles. The molecule has 0 aliphatic carbocycles. The Bertz CT molecular complexity index is 921. The molecular formula is C17H13N5O. The van der Waals surface area contributed by atoms with Gasteiger partial charge in [0.2, 0.25) is 5.95 Å². The number of hydrogen-bond donors (Lipinski definition) is 2. The first-order chi connectivity index (χ1) is 11.3. The van der Waals surface area contributed by atoms with Gasteiger partial charge in [0.25, 0.3) is 5.91 Å². The molecule has 23 heavy (non-hydrogen) atoms. The average Bonchev–Trinajstić information content (AvgIpc) is 3.24. The fourth-order valence-corrected chi connectivity index (χ4v) is 2.38. The fourth-order valence-electron chi connectivity index (χ4n) is 2.38. The number of carbonyl (C=O) groups excluding carboxylic acids is 1. The lowest BCUT2D eigenvalue weighted by atomic mass is 10.2. The molecule has 112 valence electrons. The minimum atomic E-state index is -0.212. The zero-order valence-electron chi connectivity index (χ0n) is 12.1. The van der Waals surface area contributed by atoms with Crippen LogP contribution in [0.4, 0.5) is 5.95 Å². The summed E-state index contributed by atoms with van der Waals surface area (Å²) in [4.78, 5) is 19.7. The Labute approximate surface area is 131 Å². The number of nitrogens with one attached hydrogen (secondary N) is 2. The van der Waals surface area contributed by atoms with Gasteiger partial charge < -0.3 is 4.98 Å². The third-order valence-electron chi connectivity index (χ3n) is 3.52. The van der Waals surface area contributed by atoms with Crippen LogP contribution in [0.5, 0.6) is 0 Å². The van der Waals surface area contributed by atoms with E-state index < -0.39 is 0 Å². The second-order valence-electron chi connectivity index (χ2n) is 5.05. The van der Waals surface area contributed by atoms with Crippen molar-refractivity contribution in [2.45, 2.75) is 0 Å². The van der Waals surface area contributed by atoms with Crippen LogP contribution < -0.4 is 5.32 Å². The average molecular weight is 303 g/mol. The molecule has 0 spiro atoms. The number of aromatic nitrogens is 4. The Balaban J connectivity index is 1.54. The van der Waals surface area contributed by atoms with Gasteiger partial charge in [-0.15, -0.1) is 0 Å². The molecule has 2 aromatic heterocycles. The predicted octanol–water partition coefficient (Wildman–Crippen LogP) is 3.00. The molecule has 0 aliphatic rings. The summed E-state index contributed by atoms with van der Waals surface area (Å²) in [6.07, 6.45) is 3.56. The summed E-state index contributed by atoms with van der Waals surface area (Å²) in [7, 11) is 0. The maximum atomic E-state index is 12.3. The summed E-state index contributed by atoms with van der Waals surface area (Å²) in [5.41, 5.74) is 3.16. The highest BCUT2D eigenvalue weighted by molar-refractivity contribution is 6.04. The SMILES string of the molecule is O=C(Nc1nc2ccccc2[nH]1)c1ccc(-n2cccn2)cc1. The smallest absolute Gasteiger partial charge is 0.257 e. The molecular weight excluding hydrogens is 290 g/mol. The Morgan fingerprint density at radius 3 is 2.61 bits per heavy atom. The molecule has 0 atom stereocenters. The van der Waals surface area contributed by atoms with Crippen molar-refractivity contribution in [3.05, 3.63) is 72.6 Å². The molecule has 6 nitrogen and oxygen atoms in total. The topological polar surface area (TPSA) is 75.6 Å². The number of amides is 1. The van der Waals surface area contributed by atoms with Gasteiger partial charge in [-0.2, -0.15) is 5.10 Å². The minimum absolute atomic E-state index is 0.212. The van der Waals surface area contributed by atoms with Crippen LogP contribution >= 0.6 is 0 Å². The van der Waals surface area contributed by atoms with Crippen LogP contribution in [0.2, 0.25) is 0 Å². The number of benzene rings is 2. The number of aromatic amines is 1. The molecule has 0 saturated heterocycles. The molecule has 0 saturated carbocycles. The first kappa shape index (κ1) is 13.3. The largest absolute Gasteiger partial charge is 0.324 e. The van der Waals surface area contributed by atoms with Crippen LogP contribution in [0.1, 0.15) is 10.4 Å². The summed E-state index contributed by atoms with van der Waals surface area (Å²) in [6, 6.07) is 16.7. The fraction of sp³-hybridized carbons (Fsp3) is 0. The van der Waals surface area contributed by atoms with Crippen LogP contribution in [-0.4, -0.2) is 25.7 Å². The van der Waals surface area contributed by atoms with E-state index in [1.165, 1.54) is 0 Å². The van der Waals surface area contributed by atoms with Crippen LogP contribution in [-0.2, 0) is 0 Å². The second kappa shape index (κ2) is 5.42. The van der Waals surface area contributed by atoms with Crippen molar-refractivity contribution in [1.82, 2.24) is 19.7 Å². The summed E-state index contributed by atoms with van der Waals surface area (Å²) in [5.74, 6) is 0.225. The summed E-state index contributed by atoms with van der Waals surface area (Å²) < 4.78 is 1.74. The highest BCUT2D eigenvalue weighted by Gasteiger charge is 2.09.